The molecular weight excluding hydrogens is 380 g/mol. The van der Waals surface area contributed by atoms with Gasteiger partial charge in [0.2, 0.25) is 5.91 Å². The zero-order chi connectivity index (χ0) is 18.6. The highest BCUT2D eigenvalue weighted by Gasteiger charge is 2.55. The minimum atomic E-state index is -0.993. The van der Waals surface area contributed by atoms with Gasteiger partial charge >= 0.3 is 6.03 Å². The SMILES string of the molecule is Cl.O=C(CN1C(=O)NC2(CCc3ccccc32)C1=O)N1CCC2CCC(C1)N2. The second kappa shape index (κ2) is 7.04. The normalized spacial score (nSPS) is 30.9. The van der Waals surface area contributed by atoms with Gasteiger partial charge in [0.1, 0.15) is 12.1 Å². The Morgan fingerprint density at radius 1 is 1.14 bits per heavy atom. The number of imide groups is 1. The first-order valence-corrected chi connectivity index (χ1v) is 9.83. The van der Waals surface area contributed by atoms with E-state index >= 15 is 0 Å². The van der Waals surface area contributed by atoms with Crippen molar-refractivity contribution in [1.29, 1.82) is 0 Å². The highest BCUT2D eigenvalue weighted by atomic mass is 35.5. The van der Waals surface area contributed by atoms with E-state index in [9.17, 15) is 14.4 Å². The van der Waals surface area contributed by atoms with Crippen LogP contribution < -0.4 is 10.6 Å². The standard InChI is InChI=1S/C20H24N4O3.ClH/c25-17(23-10-8-14-5-6-15(11-23)21-14)12-24-18(26)20(22-19(24)27)9-7-13-3-1-2-4-16(13)20;/h1-4,14-15,21H,5-12H2,(H,22,27);1H. The molecule has 28 heavy (non-hydrogen) atoms. The number of rotatable bonds is 2. The molecule has 0 saturated carbocycles. The molecule has 3 fully saturated rings. The quantitative estimate of drug-likeness (QED) is 0.724. The molecule has 4 aliphatic rings. The largest absolute Gasteiger partial charge is 0.340 e. The summed E-state index contributed by atoms with van der Waals surface area (Å²) in [5.74, 6) is -0.434. The predicted octanol–water partition coefficient (Wildman–Crippen LogP) is 1.15. The number of benzene rings is 1. The summed E-state index contributed by atoms with van der Waals surface area (Å²) in [4.78, 5) is 41.5. The van der Waals surface area contributed by atoms with Crippen molar-refractivity contribution in [2.45, 2.75) is 49.7 Å². The minimum absolute atomic E-state index is 0. The lowest BCUT2D eigenvalue weighted by molar-refractivity contribution is -0.139. The molecule has 3 aliphatic heterocycles. The van der Waals surface area contributed by atoms with Gasteiger partial charge in [-0.15, -0.1) is 12.4 Å². The molecule has 3 atom stereocenters. The zero-order valence-electron chi connectivity index (χ0n) is 15.6. The molecule has 1 aliphatic carbocycles. The van der Waals surface area contributed by atoms with Crippen LogP contribution in [0.1, 0.15) is 36.8 Å². The molecule has 150 valence electrons. The van der Waals surface area contributed by atoms with E-state index in [0.717, 1.165) is 35.3 Å². The third kappa shape index (κ3) is 2.88. The van der Waals surface area contributed by atoms with Crippen LogP contribution in [0.25, 0.3) is 0 Å². The second-order valence-corrected chi connectivity index (χ2v) is 8.15. The Balaban J connectivity index is 0.00000192. The van der Waals surface area contributed by atoms with E-state index in [4.69, 9.17) is 0 Å². The maximum atomic E-state index is 13.2. The van der Waals surface area contributed by atoms with Crippen molar-refractivity contribution < 1.29 is 14.4 Å². The number of amides is 4. The summed E-state index contributed by atoms with van der Waals surface area (Å²) < 4.78 is 0. The Hall–Kier alpha value is -2.12. The highest BCUT2D eigenvalue weighted by molar-refractivity contribution is 6.09. The Labute approximate surface area is 170 Å². The van der Waals surface area contributed by atoms with Crippen molar-refractivity contribution in [3.8, 4) is 0 Å². The molecule has 1 aromatic rings. The van der Waals surface area contributed by atoms with Crippen molar-refractivity contribution >= 4 is 30.3 Å². The number of likely N-dealkylation sites (tertiary alicyclic amines) is 1. The van der Waals surface area contributed by atoms with Gasteiger partial charge in [-0.1, -0.05) is 24.3 Å². The van der Waals surface area contributed by atoms with Crippen LogP contribution in [0.4, 0.5) is 4.79 Å². The predicted molar refractivity (Wildman–Crippen MR) is 105 cm³/mol. The molecule has 0 aromatic heterocycles. The van der Waals surface area contributed by atoms with E-state index in [1.165, 1.54) is 6.42 Å². The van der Waals surface area contributed by atoms with Gasteiger partial charge in [-0.3, -0.25) is 14.5 Å². The molecule has 0 radical (unpaired) electrons. The number of carbonyl (C=O) groups excluding carboxylic acids is 3. The van der Waals surface area contributed by atoms with E-state index in [0.29, 0.717) is 31.6 Å². The fraction of sp³-hybridized carbons (Fsp3) is 0.550. The molecule has 2 N–H and O–H groups in total. The maximum absolute atomic E-state index is 13.2. The first-order valence-electron chi connectivity index (χ1n) is 9.83. The van der Waals surface area contributed by atoms with Crippen molar-refractivity contribution in [2.24, 2.45) is 0 Å². The Bertz CT molecular complexity index is 831. The summed E-state index contributed by atoms with van der Waals surface area (Å²) in [7, 11) is 0. The molecular formula is C20H25ClN4O3. The van der Waals surface area contributed by atoms with Gasteiger partial charge in [0.05, 0.1) is 0 Å². The maximum Gasteiger partial charge on any atom is 0.325 e. The molecule has 2 bridgehead atoms. The molecule has 3 unspecified atom stereocenters. The monoisotopic (exact) mass is 404 g/mol. The summed E-state index contributed by atoms with van der Waals surface area (Å²) >= 11 is 0. The molecule has 4 amide bonds. The summed E-state index contributed by atoms with van der Waals surface area (Å²) in [6, 6.07) is 8.10. The average molecular weight is 405 g/mol. The van der Waals surface area contributed by atoms with Crippen LogP contribution in [0, 0.1) is 0 Å². The van der Waals surface area contributed by atoms with Crippen LogP contribution in [-0.4, -0.2) is 59.4 Å². The van der Waals surface area contributed by atoms with Crippen LogP contribution in [0.2, 0.25) is 0 Å². The van der Waals surface area contributed by atoms with Crippen LogP contribution in [0.3, 0.4) is 0 Å². The number of halogens is 1. The van der Waals surface area contributed by atoms with Crippen LogP contribution in [0.5, 0.6) is 0 Å². The number of urea groups is 1. The fourth-order valence-electron chi connectivity index (χ4n) is 5.14. The summed E-state index contributed by atoms with van der Waals surface area (Å²) in [5.41, 5.74) is 0.969. The van der Waals surface area contributed by atoms with Gasteiger partial charge in [0.25, 0.3) is 5.91 Å². The molecule has 3 saturated heterocycles. The topological polar surface area (TPSA) is 81.8 Å². The molecule has 5 rings (SSSR count). The number of hydrogen-bond donors (Lipinski definition) is 2. The van der Waals surface area contributed by atoms with E-state index in [-0.39, 0.29) is 30.8 Å². The molecule has 8 heteroatoms. The van der Waals surface area contributed by atoms with Crippen molar-refractivity contribution in [1.82, 2.24) is 20.4 Å². The lowest BCUT2D eigenvalue weighted by atomic mass is 9.92. The molecule has 7 nitrogen and oxygen atoms in total. The zero-order valence-corrected chi connectivity index (χ0v) is 16.5. The average Bonchev–Trinajstić information content (AvgIpc) is 3.26. The molecule has 1 spiro atoms. The van der Waals surface area contributed by atoms with Gasteiger partial charge in [0.15, 0.2) is 0 Å². The number of fused-ring (bicyclic) bond motifs is 4. The van der Waals surface area contributed by atoms with Gasteiger partial charge in [-0.2, -0.15) is 0 Å². The number of carbonyl (C=O) groups is 3. The van der Waals surface area contributed by atoms with Crippen molar-refractivity contribution in [3.05, 3.63) is 35.4 Å². The Morgan fingerprint density at radius 2 is 1.93 bits per heavy atom. The van der Waals surface area contributed by atoms with Crippen molar-refractivity contribution in [3.63, 3.8) is 0 Å². The number of hydrogen-bond acceptors (Lipinski definition) is 4. The third-order valence-electron chi connectivity index (χ3n) is 6.59. The summed E-state index contributed by atoms with van der Waals surface area (Å²) in [6.07, 6.45) is 4.49. The Morgan fingerprint density at radius 3 is 2.79 bits per heavy atom. The summed E-state index contributed by atoms with van der Waals surface area (Å²) in [6.45, 7) is 1.17. The number of nitrogens with zero attached hydrogens (tertiary/aromatic N) is 2. The number of aryl methyl sites for hydroxylation is 1. The number of nitrogens with one attached hydrogen (secondary N) is 2. The van der Waals surface area contributed by atoms with Gasteiger partial charge in [-0.25, -0.2) is 4.79 Å². The van der Waals surface area contributed by atoms with Crippen LogP contribution >= 0.6 is 12.4 Å². The van der Waals surface area contributed by atoms with E-state index in [2.05, 4.69) is 10.6 Å². The molecule has 1 aromatic carbocycles. The lowest BCUT2D eigenvalue weighted by Gasteiger charge is -2.26. The van der Waals surface area contributed by atoms with Gasteiger partial charge in [0, 0.05) is 25.2 Å². The van der Waals surface area contributed by atoms with Crippen LogP contribution in [0.15, 0.2) is 24.3 Å². The smallest absolute Gasteiger partial charge is 0.325 e. The van der Waals surface area contributed by atoms with E-state index < -0.39 is 11.6 Å². The third-order valence-corrected chi connectivity index (χ3v) is 6.59. The minimum Gasteiger partial charge on any atom is -0.340 e. The fourth-order valence-corrected chi connectivity index (χ4v) is 5.14. The van der Waals surface area contributed by atoms with E-state index in [1.807, 2.05) is 29.2 Å². The highest BCUT2D eigenvalue weighted by Crippen LogP contribution is 2.41. The first kappa shape index (κ1) is 19.2. The van der Waals surface area contributed by atoms with E-state index in [1.54, 1.807) is 0 Å². The lowest BCUT2D eigenvalue weighted by Crippen LogP contribution is -2.47. The van der Waals surface area contributed by atoms with Gasteiger partial charge in [-0.05, 0) is 43.2 Å². The van der Waals surface area contributed by atoms with Crippen molar-refractivity contribution in [2.75, 3.05) is 19.6 Å². The van der Waals surface area contributed by atoms with Crippen LogP contribution in [-0.2, 0) is 21.5 Å². The Kier molecular flexibility index (Phi) is 4.83. The first-order chi connectivity index (χ1) is 13.1. The van der Waals surface area contributed by atoms with Gasteiger partial charge < -0.3 is 15.5 Å². The molecule has 3 heterocycles. The summed E-state index contributed by atoms with van der Waals surface area (Å²) in [5, 5.41) is 6.43. The second-order valence-electron chi connectivity index (χ2n) is 8.15.